The van der Waals surface area contributed by atoms with Gasteiger partial charge in [-0.15, -0.1) is 24.0 Å². The van der Waals surface area contributed by atoms with Crippen LogP contribution in [0.15, 0.2) is 29.3 Å². The highest BCUT2D eigenvalue weighted by Gasteiger charge is 2.22. The molecule has 1 fully saturated rings. The van der Waals surface area contributed by atoms with Gasteiger partial charge in [0.15, 0.2) is 17.5 Å². The largest absolute Gasteiger partial charge is 0.486 e. The fourth-order valence-corrected chi connectivity index (χ4v) is 3.03. The quantitative estimate of drug-likeness (QED) is 0.418. The molecule has 134 valence electrons. The fraction of sp³-hybridized carbons (Fsp3) is 0.588. The summed E-state index contributed by atoms with van der Waals surface area (Å²) in [6, 6.07) is 7.77. The molecule has 1 saturated heterocycles. The number of fused-ring (bicyclic) bond motifs is 1. The van der Waals surface area contributed by atoms with Gasteiger partial charge in [0.25, 0.3) is 0 Å². The standard InChI is InChI=1S/C17H26N4O2.HI/c1-18-17(19-9-13-7-8-21(2)11-13)20-10-14-12-22-15-5-3-4-6-16(15)23-14;/h3-6,13-14H,7-12H2,1-2H3,(H2,18,19,20);1H. The summed E-state index contributed by atoms with van der Waals surface area (Å²) in [5, 5.41) is 6.73. The Bertz CT molecular complexity index is 555. The van der Waals surface area contributed by atoms with Gasteiger partial charge in [-0.3, -0.25) is 4.99 Å². The maximum atomic E-state index is 5.94. The number of nitrogens with one attached hydrogen (secondary N) is 2. The third-order valence-electron chi connectivity index (χ3n) is 4.34. The Morgan fingerprint density at radius 1 is 1.25 bits per heavy atom. The molecule has 24 heavy (non-hydrogen) atoms. The zero-order valence-electron chi connectivity index (χ0n) is 14.3. The maximum absolute atomic E-state index is 5.94. The van der Waals surface area contributed by atoms with Crippen LogP contribution in [0, 0.1) is 5.92 Å². The molecule has 0 radical (unpaired) electrons. The number of ether oxygens (including phenoxy) is 2. The van der Waals surface area contributed by atoms with Crippen LogP contribution in [0.3, 0.4) is 0 Å². The molecule has 2 N–H and O–H groups in total. The van der Waals surface area contributed by atoms with E-state index in [-0.39, 0.29) is 30.1 Å². The molecule has 2 aliphatic heterocycles. The van der Waals surface area contributed by atoms with E-state index in [0.29, 0.717) is 19.1 Å². The number of benzene rings is 1. The van der Waals surface area contributed by atoms with E-state index in [1.54, 1.807) is 7.05 Å². The summed E-state index contributed by atoms with van der Waals surface area (Å²) in [7, 11) is 3.97. The second-order valence-corrected chi connectivity index (χ2v) is 6.25. The van der Waals surface area contributed by atoms with Gasteiger partial charge in [-0.25, -0.2) is 0 Å². The van der Waals surface area contributed by atoms with Crippen molar-refractivity contribution in [3.05, 3.63) is 24.3 Å². The van der Waals surface area contributed by atoms with Crippen molar-refractivity contribution >= 4 is 29.9 Å². The normalized spacial score (nSPS) is 23.5. The predicted octanol–water partition coefficient (Wildman–Crippen LogP) is 1.56. The third-order valence-corrected chi connectivity index (χ3v) is 4.34. The molecule has 0 aromatic heterocycles. The van der Waals surface area contributed by atoms with Crippen molar-refractivity contribution in [2.45, 2.75) is 12.5 Å². The second-order valence-electron chi connectivity index (χ2n) is 6.25. The molecule has 2 unspecified atom stereocenters. The number of guanidine groups is 1. The smallest absolute Gasteiger partial charge is 0.191 e. The van der Waals surface area contributed by atoms with Crippen LogP contribution >= 0.6 is 24.0 Å². The van der Waals surface area contributed by atoms with Crippen molar-refractivity contribution in [2.75, 3.05) is 46.9 Å². The fourth-order valence-electron chi connectivity index (χ4n) is 3.03. The summed E-state index contributed by atoms with van der Waals surface area (Å²) in [5.74, 6) is 3.14. The minimum absolute atomic E-state index is 0. The molecule has 2 aliphatic rings. The van der Waals surface area contributed by atoms with Crippen LogP contribution in [0.2, 0.25) is 0 Å². The first-order chi connectivity index (χ1) is 11.2. The molecule has 6 nitrogen and oxygen atoms in total. The Morgan fingerprint density at radius 2 is 2.00 bits per heavy atom. The van der Waals surface area contributed by atoms with Crippen molar-refractivity contribution in [2.24, 2.45) is 10.9 Å². The monoisotopic (exact) mass is 446 g/mol. The van der Waals surface area contributed by atoms with Gasteiger partial charge in [-0.1, -0.05) is 12.1 Å². The third kappa shape index (κ3) is 5.14. The van der Waals surface area contributed by atoms with Gasteiger partial charge in [0.1, 0.15) is 12.7 Å². The maximum Gasteiger partial charge on any atom is 0.191 e. The van der Waals surface area contributed by atoms with E-state index in [1.807, 2.05) is 24.3 Å². The number of nitrogens with zero attached hydrogens (tertiary/aromatic N) is 2. The van der Waals surface area contributed by atoms with E-state index in [1.165, 1.54) is 13.0 Å². The van der Waals surface area contributed by atoms with Gasteiger partial charge in [-0.2, -0.15) is 0 Å². The minimum Gasteiger partial charge on any atom is -0.486 e. The molecule has 1 aromatic carbocycles. The molecule has 0 spiro atoms. The van der Waals surface area contributed by atoms with Crippen LogP contribution in [-0.2, 0) is 0 Å². The van der Waals surface area contributed by atoms with Crippen LogP contribution in [0.1, 0.15) is 6.42 Å². The summed E-state index contributed by atoms with van der Waals surface area (Å²) in [4.78, 5) is 6.65. The Labute approximate surface area is 161 Å². The number of hydrogen-bond donors (Lipinski definition) is 2. The number of aliphatic imine (C=N–C) groups is 1. The van der Waals surface area contributed by atoms with Gasteiger partial charge in [0, 0.05) is 20.1 Å². The molecule has 1 aromatic rings. The van der Waals surface area contributed by atoms with Crippen molar-refractivity contribution in [1.82, 2.24) is 15.5 Å². The summed E-state index contributed by atoms with van der Waals surface area (Å²) in [5.41, 5.74) is 0. The SMILES string of the molecule is CN=C(NCC1CCN(C)C1)NCC1COc2ccccc2O1.I. The predicted molar refractivity (Wildman–Crippen MR) is 107 cm³/mol. The number of hydrogen-bond acceptors (Lipinski definition) is 4. The lowest BCUT2D eigenvalue weighted by Crippen LogP contribution is -2.46. The highest BCUT2D eigenvalue weighted by Crippen LogP contribution is 2.30. The van der Waals surface area contributed by atoms with E-state index >= 15 is 0 Å². The highest BCUT2D eigenvalue weighted by molar-refractivity contribution is 14.0. The average molecular weight is 446 g/mol. The average Bonchev–Trinajstić information content (AvgIpc) is 3.00. The molecular weight excluding hydrogens is 419 g/mol. The summed E-state index contributed by atoms with van der Waals surface area (Å²) in [6.45, 7) is 4.51. The molecule has 0 bridgehead atoms. The van der Waals surface area contributed by atoms with Crippen molar-refractivity contribution < 1.29 is 9.47 Å². The van der Waals surface area contributed by atoms with Crippen molar-refractivity contribution in [1.29, 1.82) is 0 Å². The Morgan fingerprint density at radius 3 is 2.71 bits per heavy atom. The minimum atomic E-state index is -0.0129. The first kappa shape index (κ1) is 19.1. The molecule has 2 atom stereocenters. The van der Waals surface area contributed by atoms with Gasteiger partial charge >= 0.3 is 0 Å². The van der Waals surface area contributed by atoms with Crippen molar-refractivity contribution in [3.63, 3.8) is 0 Å². The molecular formula is C17H27IN4O2. The zero-order chi connectivity index (χ0) is 16.1. The summed E-state index contributed by atoms with van der Waals surface area (Å²) in [6.07, 6.45) is 1.23. The lowest BCUT2D eigenvalue weighted by Gasteiger charge is -2.27. The highest BCUT2D eigenvalue weighted by atomic mass is 127. The van der Waals surface area contributed by atoms with Gasteiger partial charge in [0.2, 0.25) is 0 Å². The lowest BCUT2D eigenvalue weighted by atomic mass is 10.1. The van der Waals surface area contributed by atoms with Crippen LogP contribution in [0.25, 0.3) is 0 Å². The molecule has 2 heterocycles. The molecule has 7 heteroatoms. The molecule has 0 saturated carbocycles. The van der Waals surface area contributed by atoms with E-state index in [0.717, 1.165) is 30.5 Å². The Hall–Kier alpha value is -1.22. The van der Waals surface area contributed by atoms with Gasteiger partial charge in [-0.05, 0) is 38.1 Å². The van der Waals surface area contributed by atoms with Crippen molar-refractivity contribution in [3.8, 4) is 11.5 Å². The first-order valence-corrected chi connectivity index (χ1v) is 8.26. The molecule has 0 aliphatic carbocycles. The first-order valence-electron chi connectivity index (χ1n) is 8.26. The Kier molecular flexibility index (Phi) is 7.41. The number of halogens is 1. The number of rotatable bonds is 4. The van der Waals surface area contributed by atoms with Gasteiger partial charge in [0.05, 0.1) is 6.54 Å². The summed E-state index contributed by atoms with van der Waals surface area (Å²) < 4.78 is 11.7. The van der Waals surface area contributed by atoms with E-state index in [9.17, 15) is 0 Å². The number of likely N-dealkylation sites (tertiary alicyclic amines) is 1. The number of para-hydroxylation sites is 2. The van der Waals surface area contributed by atoms with E-state index < -0.39 is 0 Å². The topological polar surface area (TPSA) is 58.1 Å². The van der Waals surface area contributed by atoms with Crippen LogP contribution in [0.4, 0.5) is 0 Å². The van der Waals surface area contributed by atoms with Gasteiger partial charge < -0.3 is 25.0 Å². The zero-order valence-corrected chi connectivity index (χ0v) is 16.7. The van der Waals surface area contributed by atoms with Crippen LogP contribution in [-0.4, -0.2) is 63.8 Å². The van der Waals surface area contributed by atoms with Crippen LogP contribution < -0.4 is 20.1 Å². The molecule has 3 rings (SSSR count). The second kappa shape index (κ2) is 9.31. The van der Waals surface area contributed by atoms with E-state index in [4.69, 9.17) is 9.47 Å². The lowest BCUT2D eigenvalue weighted by molar-refractivity contribution is 0.0936. The summed E-state index contributed by atoms with van der Waals surface area (Å²) >= 11 is 0. The van der Waals surface area contributed by atoms with E-state index in [2.05, 4.69) is 27.6 Å². The Balaban J connectivity index is 0.00000208. The van der Waals surface area contributed by atoms with Crippen LogP contribution in [0.5, 0.6) is 11.5 Å². The molecule has 0 amide bonds.